The third-order valence-corrected chi connectivity index (χ3v) is 0.644. The molecule has 0 aliphatic carbocycles. The van der Waals surface area contributed by atoms with Gasteiger partial charge in [0.25, 0.3) is 0 Å². The first-order chi connectivity index (χ1) is 3.31. The van der Waals surface area contributed by atoms with Crippen molar-refractivity contribution in [3.63, 3.8) is 0 Å². The Morgan fingerprint density at radius 1 is 2.00 bits per heavy atom. The molecule has 0 bridgehead atoms. The van der Waals surface area contributed by atoms with E-state index in [0.717, 1.165) is 6.29 Å². The number of carbonyl (C=O) groups is 1. The lowest BCUT2D eigenvalue weighted by Gasteiger charge is -1.99. The van der Waals surface area contributed by atoms with E-state index in [9.17, 15) is 4.79 Å². The average molecular weight is 102 g/mol. The summed E-state index contributed by atoms with van der Waals surface area (Å²) in [6.45, 7) is 2.11. The number of carbonyl (C=O) groups excluding carboxylic acids is 1. The van der Waals surface area contributed by atoms with Crippen molar-refractivity contribution in [1.29, 1.82) is 0 Å². The van der Waals surface area contributed by atoms with Crippen LogP contribution in [-0.2, 0) is 4.79 Å². The molecule has 0 aromatic rings. The Labute approximate surface area is 42.9 Å². The molecule has 7 heavy (non-hydrogen) atoms. The van der Waals surface area contributed by atoms with Crippen molar-refractivity contribution >= 4 is 6.29 Å². The molecule has 0 spiro atoms. The Morgan fingerprint density at radius 2 is 2.57 bits per heavy atom. The highest BCUT2D eigenvalue weighted by molar-refractivity contribution is 5.56. The zero-order chi connectivity index (χ0) is 5.70. The Balaban J connectivity index is 2.98. The molecule has 0 radical (unpaired) electrons. The maximum absolute atomic E-state index is 9.78. The van der Waals surface area contributed by atoms with E-state index in [0.29, 0.717) is 6.67 Å². The van der Waals surface area contributed by atoms with Crippen LogP contribution in [0.2, 0.25) is 0 Å². The van der Waals surface area contributed by atoms with Crippen molar-refractivity contribution in [3.8, 4) is 0 Å². The molecule has 3 N–H and O–H groups in total. The molecule has 0 aliphatic rings. The molecule has 1 atom stereocenters. The second kappa shape index (κ2) is 3.77. The van der Waals surface area contributed by atoms with Gasteiger partial charge in [-0.2, -0.15) is 0 Å². The van der Waals surface area contributed by atoms with Gasteiger partial charge in [-0.25, -0.2) is 0 Å². The monoisotopic (exact) mass is 102 g/mol. The average Bonchev–Trinajstić information content (AvgIpc) is 1.68. The van der Waals surface area contributed by atoms with E-state index in [-0.39, 0.29) is 6.04 Å². The lowest BCUT2D eigenvalue weighted by Crippen LogP contribution is -2.32. The van der Waals surface area contributed by atoms with Gasteiger partial charge in [0.05, 0.1) is 6.04 Å². The van der Waals surface area contributed by atoms with Gasteiger partial charge >= 0.3 is 0 Å². The van der Waals surface area contributed by atoms with Crippen LogP contribution in [0.1, 0.15) is 6.92 Å². The van der Waals surface area contributed by atoms with Crippen molar-refractivity contribution in [1.82, 2.24) is 5.32 Å². The Morgan fingerprint density at radius 3 is 2.71 bits per heavy atom. The van der Waals surface area contributed by atoms with Gasteiger partial charge in [0.2, 0.25) is 0 Å². The van der Waals surface area contributed by atoms with Gasteiger partial charge < -0.3 is 10.5 Å². The lowest BCUT2D eigenvalue weighted by atomic mass is 10.4. The molecule has 0 heterocycles. The van der Waals surface area contributed by atoms with E-state index in [2.05, 4.69) is 5.32 Å². The summed E-state index contributed by atoms with van der Waals surface area (Å²) in [7, 11) is 0. The first-order valence-corrected chi connectivity index (χ1v) is 2.20. The zero-order valence-electron chi connectivity index (χ0n) is 4.35. The summed E-state index contributed by atoms with van der Waals surface area (Å²) in [5, 5.41) is 2.70. The van der Waals surface area contributed by atoms with Crippen LogP contribution in [-0.4, -0.2) is 19.0 Å². The molecule has 3 nitrogen and oxygen atoms in total. The first kappa shape index (κ1) is 6.59. The molecule has 3 heteroatoms. The van der Waals surface area contributed by atoms with Gasteiger partial charge in [0, 0.05) is 6.67 Å². The van der Waals surface area contributed by atoms with Crippen LogP contribution in [0.4, 0.5) is 0 Å². The van der Waals surface area contributed by atoms with Gasteiger partial charge in [-0.15, -0.1) is 0 Å². The van der Waals surface area contributed by atoms with E-state index in [1.807, 2.05) is 0 Å². The maximum Gasteiger partial charge on any atom is 0.136 e. The first-order valence-electron chi connectivity index (χ1n) is 2.20. The molecule has 0 aliphatic heterocycles. The summed E-state index contributed by atoms with van der Waals surface area (Å²) in [5.74, 6) is 0. The summed E-state index contributed by atoms with van der Waals surface area (Å²) in [4.78, 5) is 9.78. The van der Waals surface area contributed by atoms with Gasteiger partial charge in [-0.05, 0) is 6.92 Å². The fourth-order valence-corrected chi connectivity index (χ4v) is 0.234. The molecular formula is C4H10N2O. The second-order valence-corrected chi connectivity index (χ2v) is 1.33. The number of nitrogens with one attached hydrogen (secondary N) is 1. The van der Waals surface area contributed by atoms with Crippen molar-refractivity contribution in [2.45, 2.75) is 13.0 Å². The summed E-state index contributed by atoms with van der Waals surface area (Å²) in [5.41, 5.74) is 5.04. The van der Waals surface area contributed by atoms with Crippen LogP contribution in [0.15, 0.2) is 0 Å². The minimum absolute atomic E-state index is 0.106. The molecule has 0 aromatic carbocycles. The fourth-order valence-electron chi connectivity index (χ4n) is 0.234. The van der Waals surface area contributed by atoms with Gasteiger partial charge in [0.15, 0.2) is 0 Å². The molecule has 0 rings (SSSR count). The molecule has 0 saturated carbocycles. The molecule has 0 unspecified atom stereocenters. The zero-order valence-corrected chi connectivity index (χ0v) is 4.35. The Kier molecular flexibility index (Phi) is 3.55. The number of hydrogen-bond donors (Lipinski definition) is 2. The highest BCUT2D eigenvalue weighted by atomic mass is 16.1. The van der Waals surface area contributed by atoms with Crippen molar-refractivity contribution in [2.75, 3.05) is 6.67 Å². The highest BCUT2D eigenvalue weighted by Gasteiger charge is 1.90. The van der Waals surface area contributed by atoms with Crippen LogP contribution in [0, 0.1) is 0 Å². The smallest absolute Gasteiger partial charge is 0.136 e. The van der Waals surface area contributed by atoms with Crippen molar-refractivity contribution < 1.29 is 4.79 Å². The summed E-state index contributed by atoms with van der Waals surface area (Å²) < 4.78 is 0. The lowest BCUT2D eigenvalue weighted by molar-refractivity contribution is -0.109. The Bertz CT molecular complexity index is 55.7. The molecule has 0 amide bonds. The quantitative estimate of drug-likeness (QED) is 0.358. The summed E-state index contributed by atoms with van der Waals surface area (Å²) in [6, 6.07) is -0.106. The van der Waals surface area contributed by atoms with Crippen LogP contribution in [0.25, 0.3) is 0 Å². The number of aldehydes is 1. The standard InChI is InChI=1S/C4H10N2O/c1-4(2-7)6-3-5/h2,4,6H,3,5H2,1H3/t4-/m0/s1. The number of rotatable bonds is 3. The molecule has 42 valence electrons. The number of hydrogen-bond acceptors (Lipinski definition) is 3. The van der Waals surface area contributed by atoms with Crippen molar-refractivity contribution in [3.05, 3.63) is 0 Å². The van der Waals surface area contributed by atoms with E-state index in [1.54, 1.807) is 6.92 Å². The highest BCUT2D eigenvalue weighted by Crippen LogP contribution is 1.66. The summed E-state index contributed by atoms with van der Waals surface area (Å²) >= 11 is 0. The predicted octanol–water partition coefficient (Wildman–Crippen LogP) is -0.920. The third-order valence-electron chi connectivity index (χ3n) is 0.644. The van der Waals surface area contributed by atoms with Crippen LogP contribution < -0.4 is 11.1 Å². The van der Waals surface area contributed by atoms with Crippen LogP contribution >= 0.6 is 0 Å². The van der Waals surface area contributed by atoms with Gasteiger partial charge in [-0.1, -0.05) is 0 Å². The molecular weight excluding hydrogens is 92.1 g/mol. The molecule has 0 saturated heterocycles. The summed E-state index contributed by atoms with van der Waals surface area (Å²) in [6.07, 6.45) is 0.812. The molecule has 0 aromatic heterocycles. The minimum Gasteiger partial charge on any atom is -0.318 e. The maximum atomic E-state index is 9.78. The largest absolute Gasteiger partial charge is 0.318 e. The molecule has 0 fully saturated rings. The van der Waals surface area contributed by atoms with Gasteiger partial charge in [0.1, 0.15) is 6.29 Å². The second-order valence-electron chi connectivity index (χ2n) is 1.33. The van der Waals surface area contributed by atoms with E-state index in [1.165, 1.54) is 0 Å². The van der Waals surface area contributed by atoms with Crippen LogP contribution in [0.3, 0.4) is 0 Å². The van der Waals surface area contributed by atoms with E-state index in [4.69, 9.17) is 5.73 Å². The van der Waals surface area contributed by atoms with Gasteiger partial charge in [-0.3, -0.25) is 5.32 Å². The third kappa shape index (κ3) is 3.42. The predicted molar refractivity (Wildman–Crippen MR) is 27.7 cm³/mol. The fraction of sp³-hybridized carbons (Fsp3) is 0.750. The minimum atomic E-state index is -0.106. The van der Waals surface area contributed by atoms with Crippen molar-refractivity contribution in [2.24, 2.45) is 5.73 Å². The SMILES string of the molecule is C[C@@H](C=O)NCN. The number of nitrogens with two attached hydrogens (primary N) is 1. The normalized spacial score (nSPS) is 13.4. The van der Waals surface area contributed by atoms with E-state index >= 15 is 0 Å². The van der Waals surface area contributed by atoms with Crippen LogP contribution in [0.5, 0.6) is 0 Å². The Hall–Kier alpha value is -0.410. The topological polar surface area (TPSA) is 55.1 Å². The van der Waals surface area contributed by atoms with E-state index < -0.39 is 0 Å².